The second kappa shape index (κ2) is 9.09. The summed E-state index contributed by atoms with van der Waals surface area (Å²) in [5.74, 6) is -2.48. The number of ether oxygens (including phenoxy) is 1. The van der Waals surface area contributed by atoms with Crippen molar-refractivity contribution < 1.29 is 32.3 Å². The van der Waals surface area contributed by atoms with Crippen molar-refractivity contribution in [2.45, 2.75) is 52.3 Å². The Balaban J connectivity index is 1.86. The molecule has 1 aromatic heterocycles. The van der Waals surface area contributed by atoms with Crippen LogP contribution in [-0.2, 0) is 12.7 Å². The largest absolute Gasteiger partial charge is 0.507 e. The van der Waals surface area contributed by atoms with E-state index in [2.05, 4.69) is 0 Å². The fraction of sp³-hybridized carbons (Fsp3) is 0.400. The van der Waals surface area contributed by atoms with E-state index in [0.29, 0.717) is 0 Å². The molecular formula is C25H27F3NO4+. The van der Waals surface area contributed by atoms with Gasteiger partial charge in [0.25, 0.3) is 5.76 Å². The Morgan fingerprint density at radius 1 is 1.03 bits per heavy atom. The monoisotopic (exact) mass is 462 g/mol. The van der Waals surface area contributed by atoms with Crippen LogP contribution in [0.5, 0.6) is 17.2 Å². The summed E-state index contributed by atoms with van der Waals surface area (Å²) in [7, 11) is 0. The quantitative estimate of drug-likeness (QED) is 0.580. The smallest absolute Gasteiger partial charge is 0.453 e. The van der Waals surface area contributed by atoms with Crippen molar-refractivity contribution in [2.75, 3.05) is 13.1 Å². The number of aryl methyl sites for hydroxylation is 2. The Morgan fingerprint density at radius 2 is 1.73 bits per heavy atom. The number of aromatic hydroxyl groups is 1. The molecule has 0 bridgehead atoms. The number of hydrogen-bond acceptors (Lipinski definition) is 4. The topological polar surface area (TPSA) is 64.1 Å². The molecule has 1 aliphatic heterocycles. The molecule has 0 spiro atoms. The molecule has 2 aromatic carbocycles. The van der Waals surface area contributed by atoms with E-state index in [1.54, 1.807) is 19.1 Å². The Morgan fingerprint density at radius 3 is 2.36 bits per heavy atom. The zero-order chi connectivity index (χ0) is 23.8. The van der Waals surface area contributed by atoms with E-state index in [1.165, 1.54) is 18.2 Å². The van der Waals surface area contributed by atoms with Crippen molar-refractivity contribution in [3.63, 3.8) is 0 Å². The number of quaternary nitrogens is 1. The first-order valence-corrected chi connectivity index (χ1v) is 11.1. The maximum absolute atomic E-state index is 14.0. The minimum absolute atomic E-state index is 0.0520. The highest BCUT2D eigenvalue weighted by atomic mass is 19.4. The van der Waals surface area contributed by atoms with Crippen molar-refractivity contribution in [3.05, 3.63) is 63.0 Å². The summed E-state index contributed by atoms with van der Waals surface area (Å²) in [6, 6.07) is 7.41. The zero-order valence-corrected chi connectivity index (χ0v) is 18.6. The molecule has 4 rings (SSSR count). The summed E-state index contributed by atoms with van der Waals surface area (Å²) >= 11 is 0. The van der Waals surface area contributed by atoms with E-state index < -0.39 is 23.1 Å². The van der Waals surface area contributed by atoms with Gasteiger partial charge in [-0.05, 0) is 74.9 Å². The van der Waals surface area contributed by atoms with E-state index in [4.69, 9.17) is 9.15 Å². The fourth-order valence-electron chi connectivity index (χ4n) is 4.29. The standard InChI is InChI=1S/C25H26F3NO4/c1-15-7-8-17(13-16(15)2)32-23-21(31)18-9-10-20(30)19(14-29-11-5-3-4-6-12-29)22(18)33-24(23)25(26,27)28/h7-10,13,30H,3-6,11-12,14H2,1-2H3/p+1. The van der Waals surface area contributed by atoms with Crippen molar-refractivity contribution in [3.8, 4) is 17.2 Å². The van der Waals surface area contributed by atoms with E-state index in [-0.39, 0.29) is 34.6 Å². The Bertz CT molecular complexity index is 1230. The number of phenols is 1. The van der Waals surface area contributed by atoms with Gasteiger partial charge in [0.2, 0.25) is 11.2 Å². The second-order valence-electron chi connectivity index (χ2n) is 8.72. The zero-order valence-electron chi connectivity index (χ0n) is 18.6. The third-order valence-corrected chi connectivity index (χ3v) is 6.29. The summed E-state index contributed by atoms with van der Waals surface area (Å²) in [5.41, 5.74) is 0.814. The van der Waals surface area contributed by atoms with Gasteiger partial charge in [-0.25, -0.2) is 0 Å². The van der Waals surface area contributed by atoms with Crippen LogP contribution in [0, 0.1) is 13.8 Å². The van der Waals surface area contributed by atoms with Crippen molar-refractivity contribution >= 4 is 11.0 Å². The van der Waals surface area contributed by atoms with Crippen molar-refractivity contribution in [2.24, 2.45) is 0 Å². The molecule has 3 aromatic rings. The van der Waals surface area contributed by atoms with Crippen LogP contribution in [0.2, 0.25) is 0 Å². The van der Waals surface area contributed by atoms with Gasteiger partial charge in [-0.1, -0.05) is 6.07 Å². The van der Waals surface area contributed by atoms with Gasteiger partial charge in [0.15, 0.2) is 5.58 Å². The minimum Gasteiger partial charge on any atom is -0.507 e. The molecule has 0 amide bonds. The van der Waals surface area contributed by atoms with E-state index >= 15 is 0 Å². The minimum atomic E-state index is -4.96. The van der Waals surface area contributed by atoms with Crippen molar-refractivity contribution in [1.29, 1.82) is 0 Å². The lowest BCUT2D eigenvalue weighted by atomic mass is 10.1. The number of alkyl halides is 3. The molecule has 0 atom stereocenters. The number of benzene rings is 2. The van der Waals surface area contributed by atoms with Crippen LogP contribution in [0.4, 0.5) is 13.2 Å². The van der Waals surface area contributed by atoms with Crippen LogP contribution in [-0.4, -0.2) is 18.2 Å². The molecule has 0 radical (unpaired) electrons. The van der Waals surface area contributed by atoms with E-state index in [0.717, 1.165) is 54.8 Å². The summed E-state index contributed by atoms with van der Waals surface area (Å²) in [5, 5.41) is 10.4. The molecule has 33 heavy (non-hydrogen) atoms. The van der Waals surface area contributed by atoms with Crippen LogP contribution >= 0.6 is 0 Å². The van der Waals surface area contributed by atoms with Gasteiger partial charge in [-0.3, -0.25) is 4.79 Å². The number of halogens is 3. The van der Waals surface area contributed by atoms with Gasteiger partial charge >= 0.3 is 6.18 Å². The predicted molar refractivity (Wildman–Crippen MR) is 118 cm³/mol. The third kappa shape index (κ3) is 4.85. The molecule has 1 fully saturated rings. The lowest BCUT2D eigenvalue weighted by Crippen LogP contribution is -3.10. The fourth-order valence-corrected chi connectivity index (χ4v) is 4.29. The second-order valence-corrected chi connectivity index (χ2v) is 8.72. The predicted octanol–water partition coefficient (Wildman–Crippen LogP) is 4.89. The molecule has 176 valence electrons. The first kappa shape index (κ1) is 23.2. The summed E-state index contributed by atoms with van der Waals surface area (Å²) in [6.07, 6.45) is -0.727. The first-order chi connectivity index (χ1) is 15.6. The van der Waals surface area contributed by atoms with Crippen LogP contribution in [0.1, 0.15) is 48.1 Å². The normalized spacial score (nSPS) is 15.5. The maximum atomic E-state index is 14.0. The molecule has 8 heteroatoms. The number of rotatable bonds is 4. The van der Waals surface area contributed by atoms with Crippen LogP contribution in [0.15, 0.2) is 39.5 Å². The summed E-state index contributed by atoms with van der Waals surface area (Å²) < 4.78 is 52.7. The number of nitrogens with one attached hydrogen (secondary N) is 1. The molecule has 2 N–H and O–H groups in total. The number of fused-ring (bicyclic) bond motifs is 1. The molecule has 0 saturated carbocycles. The highest BCUT2D eigenvalue weighted by Gasteiger charge is 2.41. The summed E-state index contributed by atoms with van der Waals surface area (Å²) in [4.78, 5) is 14.3. The Labute approximate surface area is 189 Å². The van der Waals surface area contributed by atoms with Gasteiger partial charge in [0.1, 0.15) is 18.0 Å². The average Bonchev–Trinajstić information content (AvgIpc) is 3.02. The Hall–Kier alpha value is -3.00. The number of phenolic OH excluding ortho intramolecular Hbond substituents is 1. The summed E-state index contributed by atoms with van der Waals surface area (Å²) in [6.45, 7) is 5.64. The molecule has 5 nitrogen and oxygen atoms in total. The van der Waals surface area contributed by atoms with Gasteiger partial charge in [-0.15, -0.1) is 0 Å². The van der Waals surface area contributed by atoms with Crippen LogP contribution < -0.4 is 15.1 Å². The highest BCUT2D eigenvalue weighted by molar-refractivity contribution is 5.83. The molecule has 0 aliphatic carbocycles. The van der Waals surface area contributed by atoms with Crippen LogP contribution in [0.3, 0.4) is 0 Å². The lowest BCUT2D eigenvalue weighted by molar-refractivity contribution is -0.913. The third-order valence-electron chi connectivity index (χ3n) is 6.29. The van der Waals surface area contributed by atoms with Gasteiger partial charge < -0.3 is 19.2 Å². The van der Waals surface area contributed by atoms with Gasteiger partial charge in [0.05, 0.1) is 24.0 Å². The molecule has 1 aliphatic rings. The number of hydrogen-bond donors (Lipinski definition) is 2. The van der Waals surface area contributed by atoms with Crippen molar-refractivity contribution in [1.82, 2.24) is 0 Å². The molecule has 1 saturated heterocycles. The van der Waals surface area contributed by atoms with Crippen LogP contribution in [0.25, 0.3) is 11.0 Å². The SMILES string of the molecule is Cc1ccc(Oc2c(C(F)(F)F)oc3c(C[NH+]4CCCCCC4)c(O)ccc3c2=O)cc1C. The number of likely N-dealkylation sites (tertiary alicyclic amines) is 1. The maximum Gasteiger partial charge on any atom is 0.453 e. The van der Waals surface area contributed by atoms with Gasteiger partial charge in [-0.2, -0.15) is 13.2 Å². The average molecular weight is 462 g/mol. The van der Waals surface area contributed by atoms with E-state index in [9.17, 15) is 23.1 Å². The van der Waals surface area contributed by atoms with E-state index in [1.807, 2.05) is 6.92 Å². The first-order valence-electron chi connectivity index (χ1n) is 11.1. The van der Waals surface area contributed by atoms with Gasteiger partial charge in [0, 0.05) is 0 Å². The molecular weight excluding hydrogens is 435 g/mol. The molecule has 2 heterocycles. The lowest BCUT2D eigenvalue weighted by Gasteiger charge is -2.19. The highest BCUT2D eigenvalue weighted by Crippen LogP contribution is 2.40. The Kier molecular flexibility index (Phi) is 6.38. The molecule has 0 unspecified atom stereocenters.